The lowest BCUT2D eigenvalue weighted by Gasteiger charge is -2.11. The first-order valence-corrected chi connectivity index (χ1v) is 7.63. The molecule has 0 saturated heterocycles. The van der Waals surface area contributed by atoms with Crippen LogP contribution in [0, 0.1) is 11.7 Å². The molecule has 0 spiro atoms. The van der Waals surface area contributed by atoms with E-state index in [9.17, 15) is 9.18 Å². The standard InChI is InChI=1S/C17H23FN2O2/c18-13-6-4-11(5-7-13)15-10-12(15)2-1-3-14(19)8-9-16(20)17(21)22/h1-2,4-7,12,14-16H,3,8-10,19-20H2,(H,21,22)/t12-,14?,15+,16-/m0/s1. The second kappa shape index (κ2) is 7.51. The molecule has 0 aliphatic heterocycles. The van der Waals surface area contributed by atoms with Crippen LogP contribution >= 0.6 is 0 Å². The fourth-order valence-electron chi connectivity index (χ4n) is 2.58. The molecule has 0 bridgehead atoms. The van der Waals surface area contributed by atoms with Crippen molar-refractivity contribution in [1.29, 1.82) is 0 Å². The predicted octanol–water partition coefficient (Wildman–Crippen LogP) is 2.39. The molecule has 0 amide bonds. The lowest BCUT2D eigenvalue weighted by atomic mass is 10.0. The molecule has 1 fully saturated rings. The van der Waals surface area contributed by atoms with E-state index in [0.29, 0.717) is 24.7 Å². The zero-order valence-electron chi connectivity index (χ0n) is 12.5. The molecule has 22 heavy (non-hydrogen) atoms. The number of allylic oxidation sites excluding steroid dienone is 1. The first kappa shape index (κ1) is 16.6. The molecule has 1 aromatic rings. The van der Waals surface area contributed by atoms with E-state index in [1.807, 2.05) is 12.1 Å². The Morgan fingerprint density at radius 1 is 1.32 bits per heavy atom. The van der Waals surface area contributed by atoms with Gasteiger partial charge in [0.05, 0.1) is 0 Å². The predicted molar refractivity (Wildman–Crippen MR) is 83.8 cm³/mol. The summed E-state index contributed by atoms with van der Waals surface area (Å²) >= 11 is 0. The van der Waals surface area contributed by atoms with E-state index in [-0.39, 0.29) is 11.9 Å². The van der Waals surface area contributed by atoms with E-state index >= 15 is 0 Å². The number of carboxylic acid groups (broad SMARTS) is 1. The fourth-order valence-corrected chi connectivity index (χ4v) is 2.58. The van der Waals surface area contributed by atoms with Gasteiger partial charge in [-0.1, -0.05) is 24.3 Å². The van der Waals surface area contributed by atoms with Gasteiger partial charge in [0.25, 0.3) is 0 Å². The first-order valence-electron chi connectivity index (χ1n) is 7.63. The molecule has 1 aliphatic rings. The van der Waals surface area contributed by atoms with E-state index < -0.39 is 12.0 Å². The van der Waals surface area contributed by atoms with Crippen LogP contribution < -0.4 is 11.5 Å². The first-order chi connectivity index (χ1) is 10.5. The summed E-state index contributed by atoms with van der Waals surface area (Å²) in [6, 6.07) is 5.78. The van der Waals surface area contributed by atoms with Crippen LogP contribution in [0.2, 0.25) is 0 Å². The van der Waals surface area contributed by atoms with Crippen molar-refractivity contribution < 1.29 is 14.3 Å². The Morgan fingerprint density at radius 2 is 2.00 bits per heavy atom. The molecule has 4 nitrogen and oxygen atoms in total. The summed E-state index contributed by atoms with van der Waals surface area (Å²) in [6.45, 7) is 0. The Labute approximate surface area is 130 Å². The third-order valence-corrected chi connectivity index (χ3v) is 4.13. The minimum absolute atomic E-state index is 0.0651. The van der Waals surface area contributed by atoms with Crippen molar-refractivity contribution in [3.63, 3.8) is 0 Å². The van der Waals surface area contributed by atoms with Gasteiger partial charge in [-0.15, -0.1) is 0 Å². The van der Waals surface area contributed by atoms with Crippen LogP contribution in [0.25, 0.3) is 0 Å². The van der Waals surface area contributed by atoms with Gasteiger partial charge in [0.1, 0.15) is 11.9 Å². The molecule has 5 heteroatoms. The van der Waals surface area contributed by atoms with Crippen molar-refractivity contribution in [3.8, 4) is 0 Å². The van der Waals surface area contributed by atoms with E-state index in [4.69, 9.17) is 16.6 Å². The molecule has 1 aromatic carbocycles. The number of nitrogens with two attached hydrogens (primary N) is 2. The average Bonchev–Trinajstić information content (AvgIpc) is 3.25. The molecule has 1 unspecified atom stereocenters. The average molecular weight is 306 g/mol. The van der Waals surface area contributed by atoms with E-state index in [1.54, 1.807) is 0 Å². The topological polar surface area (TPSA) is 89.3 Å². The number of rotatable bonds is 8. The van der Waals surface area contributed by atoms with E-state index in [2.05, 4.69) is 12.2 Å². The zero-order valence-corrected chi connectivity index (χ0v) is 12.5. The van der Waals surface area contributed by atoms with Crippen molar-refractivity contribution in [1.82, 2.24) is 0 Å². The largest absolute Gasteiger partial charge is 0.480 e. The fraction of sp³-hybridized carbons (Fsp3) is 0.471. The summed E-state index contributed by atoms with van der Waals surface area (Å²) < 4.78 is 12.9. The quantitative estimate of drug-likeness (QED) is 0.643. The van der Waals surface area contributed by atoms with Crippen LogP contribution in [0.3, 0.4) is 0 Å². The van der Waals surface area contributed by atoms with Crippen molar-refractivity contribution in [2.24, 2.45) is 17.4 Å². The Kier molecular flexibility index (Phi) is 5.69. The van der Waals surface area contributed by atoms with Crippen LogP contribution in [0.4, 0.5) is 4.39 Å². The number of aliphatic carboxylic acids is 1. The molecule has 5 N–H and O–H groups in total. The third-order valence-electron chi connectivity index (χ3n) is 4.13. The smallest absolute Gasteiger partial charge is 0.320 e. The minimum atomic E-state index is -0.983. The Morgan fingerprint density at radius 3 is 2.64 bits per heavy atom. The van der Waals surface area contributed by atoms with E-state index in [1.165, 1.54) is 17.7 Å². The number of benzene rings is 1. The van der Waals surface area contributed by atoms with Crippen molar-refractivity contribution >= 4 is 5.97 Å². The van der Waals surface area contributed by atoms with Gasteiger partial charge >= 0.3 is 5.97 Å². The summed E-state index contributed by atoms with van der Waals surface area (Å²) in [5.74, 6) is -0.211. The molecule has 2 rings (SSSR count). The summed E-state index contributed by atoms with van der Waals surface area (Å²) in [4.78, 5) is 10.6. The van der Waals surface area contributed by atoms with E-state index in [0.717, 1.165) is 12.8 Å². The monoisotopic (exact) mass is 306 g/mol. The van der Waals surface area contributed by atoms with Crippen molar-refractivity contribution in [2.75, 3.05) is 0 Å². The zero-order chi connectivity index (χ0) is 16.1. The van der Waals surface area contributed by atoms with Gasteiger partial charge in [-0.05, 0) is 55.2 Å². The molecule has 0 aromatic heterocycles. The summed E-state index contributed by atoms with van der Waals surface area (Å²) in [5, 5.41) is 8.70. The highest BCUT2D eigenvalue weighted by Gasteiger charge is 2.35. The molecule has 1 aliphatic carbocycles. The normalized spacial score (nSPS) is 23.4. The van der Waals surface area contributed by atoms with Crippen LogP contribution in [-0.2, 0) is 4.79 Å². The number of hydrogen-bond donors (Lipinski definition) is 3. The number of halogens is 1. The Bertz CT molecular complexity index is 530. The Hall–Kier alpha value is -1.72. The molecule has 0 heterocycles. The van der Waals surface area contributed by atoms with Gasteiger partial charge in [-0.3, -0.25) is 4.79 Å². The SMILES string of the molecule is NC(CC=C[C@H]1C[C@@H]1c1ccc(F)cc1)CC[C@H](N)C(=O)O. The Balaban J connectivity index is 1.68. The maximum absolute atomic E-state index is 12.9. The molecule has 120 valence electrons. The molecular formula is C17H23FN2O2. The van der Waals surface area contributed by atoms with Crippen LogP contribution in [0.5, 0.6) is 0 Å². The second-order valence-electron chi connectivity index (χ2n) is 6.00. The number of hydrogen-bond acceptors (Lipinski definition) is 3. The van der Waals surface area contributed by atoms with Gasteiger partial charge in [0.2, 0.25) is 0 Å². The highest BCUT2D eigenvalue weighted by Crippen LogP contribution is 2.48. The molecule has 0 radical (unpaired) electrons. The molecule has 4 atom stereocenters. The summed E-state index contributed by atoms with van der Waals surface area (Å²) in [6.07, 6.45) is 7.02. The number of carbonyl (C=O) groups is 1. The summed E-state index contributed by atoms with van der Waals surface area (Å²) in [5.41, 5.74) is 12.6. The van der Waals surface area contributed by atoms with Gasteiger partial charge in [0.15, 0.2) is 0 Å². The lowest BCUT2D eigenvalue weighted by Crippen LogP contribution is -2.32. The van der Waals surface area contributed by atoms with Crippen molar-refractivity contribution in [3.05, 3.63) is 47.8 Å². The van der Waals surface area contributed by atoms with Crippen molar-refractivity contribution in [2.45, 2.75) is 43.7 Å². The van der Waals surface area contributed by atoms with Crippen LogP contribution in [-0.4, -0.2) is 23.2 Å². The third kappa shape index (κ3) is 4.93. The maximum Gasteiger partial charge on any atom is 0.320 e. The van der Waals surface area contributed by atoms with Gasteiger partial charge in [0, 0.05) is 6.04 Å². The van der Waals surface area contributed by atoms with Gasteiger partial charge < -0.3 is 16.6 Å². The maximum atomic E-state index is 12.9. The number of carboxylic acids is 1. The van der Waals surface area contributed by atoms with Crippen LogP contribution in [0.15, 0.2) is 36.4 Å². The molecular weight excluding hydrogens is 283 g/mol. The lowest BCUT2D eigenvalue weighted by molar-refractivity contribution is -0.138. The highest BCUT2D eigenvalue weighted by atomic mass is 19.1. The highest BCUT2D eigenvalue weighted by molar-refractivity contribution is 5.72. The van der Waals surface area contributed by atoms with Gasteiger partial charge in [-0.2, -0.15) is 0 Å². The summed E-state index contributed by atoms with van der Waals surface area (Å²) in [7, 11) is 0. The van der Waals surface area contributed by atoms with Crippen LogP contribution in [0.1, 0.15) is 37.2 Å². The minimum Gasteiger partial charge on any atom is -0.480 e. The molecule has 1 saturated carbocycles. The van der Waals surface area contributed by atoms with Gasteiger partial charge in [-0.25, -0.2) is 4.39 Å². The second-order valence-corrected chi connectivity index (χ2v) is 6.00.